The van der Waals surface area contributed by atoms with Gasteiger partial charge in [0.2, 0.25) is 5.95 Å². The number of imidazole rings is 1. The molecule has 0 spiro atoms. The van der Waals surface area contributed by atoms with Crippen LogP contribution in [-0.4, -0.2) is 72.3 Å². The molecule has 0 radical (unpaired) electrons. The van der Waals surface area contributed by atoms with Gasteiger partial charge >= 0.3 is 0 Å². The van der Waals surface area contributed by atoms with Gasteiger partial charge in [-0.15, -0.1) is 0 Å². The predicted octanol–water partition coefficient (Wildman–Crippen LogP) is -0.943. The number of carbonyl (C=O) groups is 1. The van der Waals surface area contributed by atoms with Crippen LogP contribution in [0.1, 0.15) is 11.8 Å². The number of anilines is 1. The molecule has 1 aromatic carbocycles. The smallest absolute Gasteiger partial charge is 0.280 e. The van der Waals surface area contributed by atoms with E-state index in [1.54, 1.807) is 18.2 Å². The number of rotatable bonds is 6. The van der Waals surface area contributed by atoms with E-state index in [1.165, 1.54) is 10.9 Å². The molecule has 164 valence electrons. The minimum Gasteiger partial charge on any atom is -0.484 e. The van der Waals surface area contributed by atoms with Gasteiger partial charge in [0, 0.05) is 0 Å². The van der Waals surface area contributed by atoms with Crippen molar-refractivity contribution in [2.45, 2.75) is 31.5 Å². The number of aryl methyl sites for hydroxylation is 1. The zero-order valence-electron chi connectivity index (χ0n) is 16.4. The van der Waals surface area contributed by atoms with Crippen molar-refractivity contribution >= 4 is 23.0 Å². The van der Waals surface area contributed by atoms with Crippen LogP contribution in [0.15, 0.2) is 35.4 Å². The maximum atomic E-state index is 12.3. The third-order valence-corrected chi connectivity index (χ3v) is 4.84. The summed E-state index contributed by atoms with van der Waals surface area (Å²) in [6, 6.07) is 7.19. The van der Waals surface area contributed by atoms with Crippen molar-refractivity contribution < 1.29 is 29.6 Å². The predicted molar refractivity (Wildman–Crippen MR) is 106 cm³/mol. The standard InChI is InChI=1S/C19H21N5O7/c1-9-3-2-4-10(5-9)30-7-12(26)21-19-22-16-13(17(29)23-19)20-8-24(16)18-15(28)14(27)11(6-25)31-18/h2-5,8,11,14-15,18,25,27-28H,6-7H2,1H3,(H2,21,22,23,26,29). The Bertz CT molecular complexity index is 1160. The summed E-state index contributed by atoms with van der Waals surface area (Å²) < 4.78 is 12.1. The quantitative estimate of drug-likeness (QED) is 0.330. The summed E-state index contributed by atoms with van der Waals surface area (Å²) in [5, 5.41) is 31.9. The van der Waals surface area contributed by atoms with E-state index in [-0.39, 0.29) is 23.7 Å². The highest BCUT2D eigenvalue weighted by molar-refractivity contribution is 5.90. The van der Waals surface area contributed by atoms with Crippen LogP contribution < -0.4 is 15.6 Å². The van der Waals surface area contributed by atoms with Crippen molar-refractivity contribution in [3.05, 3.63) is 46.5 Å². The fourth-order valence-corrected chi connectivity index (χ4v) is 3.30. The maximum Gasteiger partial charge on any atom is 0.280 e. The van der Waals surface area contributed by atoms with Crippen LogP contribution in [0.25, 0.3) is 11.2 Å². The molecule has 5 N–H and O–H groups in total. The van der Waals surface area contributed by atoms with E-state index in [9.17, 15) is 24.9 Å². The third-order valence-electron chi connectivity index (χ3n) is 4.84. The van der Waals surface area contributed by atoms with Crippen molar-refractivity contribution in [1.82, 2.24) is 19.5 Å². The van der Waals surface area contributed by atoms with Gasteiger partial charge < -0.3 is 24.8 Å². The number of hydrogen-bond acceptors (Lipinski definition) is 9. The van der Waals surface area contributed by atoms with Gasteiger partial charge in [-0.05, 0) is 24.6 Å². The van der Waals surface area contributed by atoms with Gasteiger partial charge in [-0.25, -0.2) is 4.98 Å². The van der Waals surface area contributed by atoms with Crippen LogP contribution in [-0.2, 0) is 9.53 Å². The summed E-state index contributed by atoms with van der Waals surface area (Å²) >= 11 is 0. The SMILES string of the molecule is Cc1cccc(OCC(=O)Nc2nc3c(ncn3C3OC(CO)C(O)C3O)c(=O)[nH]2)c1. The Hall–Kier alpha value is -3.32. The second kappa shape index (κ2) is 8.43. The van der Waals surface area contributed by atoms with E-state index < -0.39 is 42.6 Å². The molecular weight excluding hydrogens is 410 g/mol. The molecule has 1 aliphatic rings. The summed E-state index contributed by atoms with van der Waals surface area (Å²) in [5.74, 6) is -0.179. The molecule has 1 amide bonds. The average Bonchev–Trinajstić information content (AvgIpc) is 3.28. The molecule has 3 heterocycles. The lowest BCUT2D eigenvalue weighted by Gasteiger charge is -2.16. The number of carbonyl (C=O) groups excluding carboxylic acids is 1. The number of nitrogens with zero attached hydrogens (tertiary/aromatic N) is 3. The van der Waals surface area contributed by atoms with E-state index >= 15 is 0 Å². The number of ether oxygens (including phenoxy) is 2. The third kappa shape index (κ3) is 4.14. The lowest BCUT2D eigenvalue weighted by Crippen LogP contribution is -2.33. The molecule has 1 fully saturated rings. The summed E-state index contributed by atoms with van der Waals surface area (Å²) in [7, 11) is 0. The fraction of sp³-hybridized carbons (Fsp3) is 0.368. The molecule has 12 heteroatoms. The number of benzene rings is 1. The van der Waals surface area contributed by atoms with Crippen LogP contribution in [0.4, 0.5) is 5.95 Å². The van der Waals surface area contributed by atoms with Gasteiger partial charge in [0.05, 0.1) is 12.9 Å². The molecule has 0 aliphatic carbocycles. The van der Waals surface area contributed by atoms with Gasteiger partial charge in [-0.3, -0.25) is 24.5 Å². The van der Waals surface area contributed by atoms with E-state index in [2.05, 4.69) is 20.3 Å². The van der Waals surface area contributed by atoms with Crippen molar-refractivity contribution in [2.24, 2.45) is 0 Å². The molecule has 2 aromatic heterocycles. The molecule has 12 nitrogen and oxygen atoms in total. The summed E-state index contributed by atoms with van der Waals surface area (Å²) in [6.45, 7) is 1.09. The minimum atomic E-state index is -1.38. The first kappa shape index (κ1) is 20.9. The Balaban J connectivity index is 1.54. The lowest BCUT2D eigenvalue weighted by atomic mass is 10.1. The number of amides is 1. The molecule has 1 aliphatic heterocycles. The van der Waals surface area contributed by atoms with Crippen molar-refractivity contribution in [3.8, 4) is 5.75 Å². The Kier molecular flexibility index (Phi) is 5.69. The van der Waals surface area contributed by atoms with Crippen molar-refractivity contribution in [2.75, 3.05) is 18.5 Å². The zero-order chi connectivity index (χ0) is 22.1. The highest BCUT2D eigenvalue weighted by Crippen LogP contribution is 2.30. The first-order chi connectivity index (χ1) is 14.9. The van der Waals surface area contributed by atoms with Crippen LogP contribution in [0.2, 0.25) is 0 Å². The number of aliphatic hydroxyl groups excluding tert-OH is 3. The van der Waals surface area contributed by atoms with Crippen LogP contribution in [0.3, 0.4) is 0 Å². The topological polar surface area (TPSA) is 172 Å². The fourth-order valence-electron chi connectivity index (χ4n) is 3.30. The number of aromatic amines is 1. The van der Waals surface area contributed by atoms with Crippen LogP contribution >= 0.6 is 0 Å². The molecule has 4 rings (SSSR count). The highest BCUT2D eigenvalue weighted by atomic mass is 16.6. The number of aliphatic hydroxyl groups is 3. The monoisotopic (exact) mass is 431 g/mol. The second-order valence-corrected chi connectivity index (χ2v) is 7.12. The molecule has 31 heavy (non-hydrogen) atoms. The lowest BCUT2D eigenvalue weighted by molar-refractivity contribution is -0.118. The summed E-state index contributed by atoms with van der Waals surface area (Å²) in [6.07, 6.45) is -3.61. The van der Waals surface area contributed by atoms with Gasteiger partial charge in [0.1, 0.15) is 24.1 Å². The van der Waals surface area contributed by atoms with E-state index in [1.807, 2.05) is 13.0 Å². The van der Waals surface area contributed by atoms with E-state index in [0.717, 1.165) is 5.56 Å². The van der Waals surface area contributed by atoms with Gasteiger partial charge in [-0.1, -0.05) is 12.1 Å². The molecule has 3 aromatic rings. The van der Waals surface area contributed by atoms with Crippen molar-refractivity contribution in [3.63, 3.8) is 0 Å². The Morgan fingerprint density at radius 1 is 1.35 bits per heavy atom. The molecule has 4 atom stereocenters. The largest absolute Gasteiger partial charge is 0.484 e. The van der Waals surface area contributed by atoms with E-state index in [4.69, 9.17) is 9.47 Å². The minimum absolute atomic E-state index is 0.0218. The molecular formula is C19H21N5O7. The molecule has 4 unspecified atom stereocenters. The Morgan fingerprint density at radius 2 is 2.16 bits per heavy atom. The Morgan fingerprint density at radius 3 is 2.87 bits per heavy atom. The molecule has 1 saturated heterocycles. The number of nitrogens with one attached hydrogen (secondary N) is 2. The normalized spacial score (nSPS) is 23.2. The zero-order valence-corrected chi connectivity index (χ0v) is 16.4. The average molecular weight is 431 g/mol. The number of hydrogen-bond donors (Lipinski definition) is 5. The number of H-pyrrole nitrogens is 1. The van der Waals surface area contributed by atoms with Crippen molar-refractivity contribution in [1.29, 1.82) is 0 Å². The van der Waals surface area contributed by atoms with E-state index in [0.29, 0.717) is 5.75 Å². The van der Waals surface area contributed by atoms with Gasteiger partial charge in [0.15, 0.2) is 24.0 Å². The summed E-state index contributed by atoms with van der Waals surface area (Å²) in [4.78, 5) is 35.1. The first-order valence-electron chi connectivity index (χ1n) is 9.46. The highest BCUT2D eigenvalue weighted by Gasteiger charge is 2.44. The first-order valence-corrected chi connectivity index (χ1v) is 9.46. The number of aromatic nitrogens is 4. The maximum absolute atomic E-state index is 12.3. The molecule has 0 saturated carbocycles. The second-order valence-electron chi connectivity index (χ2n) is 7.12. The Labute approximate surface area is 175 Å². The molecule has 0 bridgehead atoms. The summed E-state index contributed by atoms with van der Waals surface area (Å²) in [5.41, 5.74) is 0.332. The number of fused-ring (bicyclic) bond motifs is 1. The van der Waals surface area contributed by atoms with Gasteiger partial charge in [0.25, 0.3) is 11.5 Å². The van der Waals surface area contributed by atoms with Crippen LogP contribution in [0, 0.1) is 6.92 Å². The van der Waals surface area contributed by atoms with Gasteiger partial charge in [-0.2, -0.15) is 4.98 Å². The van der Waals surface area contributed by atoms with Crippen LogP contribution in [0.5, 0.6) is 5.75 Å².